The number of aliphatic carboxylic acids is 1. The van der Waals surface area contributed by atoms with E-state index in [9.17, 15) is 18.0 Å². The quantitative estimate of drug-likeness (QED) is 0.641. The van der Waals surface area contributed by atoms with E-state index in [4.69, 9.17) is 16.7 Å². The number of rotatable bonds is 3. The SMILES string of the molecule is C=C(C(=O)O)/C(Cl)=C\C1=C(C)NC(=O)c2ccccc2S1(=O)=O. The Morgan fingerprint density at radius 3 is 2.57 bits per heavy atom. The van der Waals surface area contributed by atoms with E-state index in [1.807, 2.05) is 0 Å². The van der Waals surface area contributed by atoms with Crippen molar-refractivity contribution in [2.24, 2.45) is 0 Å². The maximum absolute atomic E-state index is 12.8. The normalized spacial score (nSPS) is 17.1. The molecule has 0 bridgehead atoms. The number of hydrogen-bond donors (Lipinski definition) is 2. The van der Waals surface area contributed by atoms with Crippen LogP contribution in [-0.2, 0) is 14.6 Å². The van der Waals surface area contributed by atoms with Gasteiger partial charge in [-0.1, -0.05) is 30.3 Å². The van der Waals surface area contributed by atoms with Gasteiger partial charge in [0.25, 0.3) is 5.91 Å². The molecule has 1 aromatic carbocycles. The van der Waals surface area contributed by atoms with Crippen LogP contribution in [0.5, 0.6) is 0 Å². The predicted octanol–water partition coefficient (Wildman–Crippen LogP) is 2.20. The Kier molecular flexibility index (Phi) is 4.44. The van der Waals surface area contributed by atoms with Crippen molar-refractivity contribution in [1.82, 2.24) is 5.32 Å². The van der Waals surface area contributed by atoms with Gasteiger partial charge >= 0.3 is 5.97 Å². The lowest BCUT2D eigenvalue weighted by molar-refractivity contribution is -0.132. The second-order valence-corrected chi connectivity index (χ2v) is 7.01. The molecule has 1 amide bonds. The summed E-state index contributed by atoms with van der Waals surface area (Å²) < 4.78 is 25.6. The number of carbonyl (C=O) groups is 2. The second-order valence-electron chi connectivity index (χ2n) is 4.72. The predicted molar refractivity (Wildman–Crippen MR) is 84.5 cm³/mol. The molecule has 2 N–H and O–H groups in total. The van der Waals surface area contributed by atoms with E-state index in [0.717, 1.165) is 6.08 Å². The summed E-state index contributed by atoms with van der Waals surface area (Å²) in [7, 11) is -4.05. The number of fused-ring (bicyclic) bond motifs is 1. The van der Waals surface area contributed by atoms with Crippen LogP contribution in [0.3, 0.4) is 0 Å². The molecule has 0 saturated carbocycles. The Bertz CT molecular complexity index is 896. The van der Waals surface area contributed by atoms with E-state index in [1.54, 1.807) is 6.07 Å². The van der Waals surface area contributed by atoms with Gasteiger partial charge < -0.3 is 10.4 Å². The molecule has 6 nitrogen and oxygen atoms in total. The van der Waals surface area contributed by atoms with Gasteiger partial charge in [-0.3, -0.25) is 4.79 Å². The first-order chi connectivity index (χ1) is 10.7. The lowest BCUT2D eigenvalue weighted by Gasteiger charge is -2.08. The van der Waals surface area contributed by atoms with Crippen LogP contribution in [0, 0.1) is 0 Å². The second kappa shape index (κ2) is 6.02. The number of allylic oxidation sites excluding steroid dienone is 2. The number of halogens is 1. The first kappa shape index (κ1) is 17.0. The van der Waals surface area contributed by atoms with Crippen LogP contribution < -0.4 is 5.32 Å². The molecule has 2 rings (SSSR count). The summed E-state index contributed by atoms with van der Waals surface area (Å²) in [6.07, 6.45) is 0.977. The number of carbonyl (C=O) groups excluding carboxylic acids is 1. The minimum absolute atomic E-state index is 0.00318. The topological polar surface area (TPSA) is 101 Å². The van der Waals surface area contributed by atoms with Crippen LogP contribution in [0.15, 0.2) is 63.0 Å². The number of sulfone groups is 1. The van der Waals surface area contributed by atoms with E-state index in [-0.39, 0.29) is 26.1 Å². The van der Waals surface area contributed by atoms with Crippen molar-refractivity contribution in [3.63, 3.8) is 0 Å². The molecule has 0 aromatic heterocycles. The third-order valence-electron chi connectivity index (χ3n) is 3.19. The van der Waals surface area contributed by atoms with E-state index in [0.29, 0.717) is 0 Å². The summed E-state index contributed by atoms with van der Waals surface area (Å²) in [5, 5.41) is 11.0. The van der Waals surface area contributed by atoms with Crippen molar-refractivity contribution < 1.29 is 23.1 Å². The van der Waals surface area contributed by atoms with Gasteiger partial charge in [-0.15, -0.1) is 0 Å². The van der Waals surface area contributed by atoms with Crippen LogP contribution >= 0.6 is 11.6 Å². The summed E-state index contributed by atoms with van der Waals surface area (Å²) >= 11 is 5.84. The summed E-state index contributed by atoms with van der Waals surface area (Å²) in [5.41, 5.74) is -0.406. The van der Waals surface area contributed by atoms with Crippen molar-refractivity contribution in [1.29, 1.82) is 0 Å². The number of nitrogens with one attached hydrogen (secondary N) is 1. The number of benzene rings is 1. The maximum atomic E-state index is 12.8. The third kappa shape index (κ3) is 3.06. The Morgan fingerprint density at radius 2 is 1.96 bits per heavy atom. The zero-order valence-corrected chi connectivity index (χ0v) is 13.5. The van der Waals surface area contributed by atoms with Crippen LogP contribution in [0.2, 0.25) is 0 Å². The summed E-state index contributed by atoms with van der Waals surface area (Å²) in [4.78, 5) is 22.5. The number of amides is 1. The molecule has 0 fully saturated rings. The molecule has 120 valence electrons. The summed E-state index contributed by atoms with van der Waals surface area (Å²) in [6, 6.07) is 5.73. The fourth-order valence-electron chi connectivity index (χ4n) is 2.00. The monoisotopic (exact) mass is 353 g/mol. The largest absolute Gasteiger partial charge is 0.478 e. The fraction of sp³-hybridized carbons (Fsp3) is 0.0667. The van der Waals surface area contributed by atoms with Gasteiger partial charge in [0, 0.05) is 5.70 Å². The highest BCUT2D eigenvalue weighted by Gasteiger charge is 2.31. The number of carboxylic acid groups (broad SMARTS) is 1. The standard InChI is InChI=1S/C15H12ClNO5S/c1-8(15(19)20)11(16)7-13-9(2)17-14(18)10-5-3-4-6-12(10)23(13,21)22/h3-7H,1H2,2H3,(H,17,18)(H,19,20)/b11-7+. The molecular weight excluding hydrogens is 342 g/mol. The van der Waals surface area contributed by atoms with Crippen molar-refractivity contribution in [3.8, 4) is 0 Å². The van der Waals surface area contributed by atoms with Crippen LogP contribution in [0.25, 0.3) is 0 Å². The summed E-state index contributed by atoms with van der Waals surface area (Å²) in [5.74, 6) is -1.95. The van der Waals surface area contributed by atoms with Crippen LogP contribution in [0.1, 0.15) is 17.3 Å². The van der Waals surface area contributed by atoms with Gasteiger partial charge in [-0.25, -0.2) is 13.2 Å². The molecule has 0 atom stereocenters. The molecular formula is C15H12ClNO5S. The molecule has 1 aliphatic rings. The van der Waals surface area contributed by atoms with Gasteiger partial charge in [-0.05, 0) is 25.1 Å². The van der Waals surface area contributed by atoms with Crippen molar-refractivity contribution in [3.05, 3.63) is 63.7 Å². The molecule has 1 heterocycles. The molecule has 0 radical (unpaired) electrons. The lowest BCUT2D eigenvalue weighted by atomic mass is 10.2. The van der Waals surface area contributed by atoms with E-state index in [2.05, 4.69) is 11.9 Å². The Labute approximate surface area is 137 Å². The third-order valence-corrected chi connectivity index (χ3v) is 5.46. The van der Waals surface area contributed by atoms with Gasteiger partial charge in [0.1, 0.15) is 0 Å². The molecule has 0 unspecified atom stereocenters. The highest BCUT2D eigenvalue weighted by atomic mass is 35.5. The molecule has 1 aromatic rings. The molecule has 0 aliphatic carbocycles. The first-order valence-electron chi connectivity index (χ1n) is 6.32. The van der Waals surface area contributed by atoms with Crippen molar-refractivity contribution in [2.45, 2.75) is 11.8 Å². The molecule has 23 heavy (non-hydrogen) atoms. The average Bonchev–Trinajstić information content (AvgIpc) is 2.56. The summed E-state index contributed by atoms with van der Waals surface area (Å²) in [6.45, 7) is 4.66. The Balaban J connectivity index is 2.71. The number of hydrogen-bond acceptors (Lipinski definition) is 4. The maximum Gasteiger partial charge on any atom is 0.336 e. The fourth-order valence-corrected chi connectivity index (χ4v) is 3.92. The zero-order valence-electron chi connectivity index (χ0n) is 12.0. The lowest BCUT2D eigenvalue weighted by Crippen LogP contribution is -2.21. The highest BCUT2D eigenvalue weighted by Crippen LogP contribution is 2.30. The Hall–Kier alpha value is -2.38. The van der Waals surface area contributed by atoms with E-state index < -0.39 is 27.3 Å². The molecule has 8 heteroatoms. The minimum Gasteiger partial charge on any atom is -0.478 e. The van der Waals surface area contributed by atoms with Crippen molar-refractivity contribution in [2.75, 3.05) is 0 Å². The van der Waals surface area contributed by atoms with Gasteiger partial charge in [0.05, 0.1) is 26.0 Å². The van der Waals surface area contributed by atoms with Gasteiger partial charge in [0.15, 0.2) is 0 Å². The molecule has 0 saturated heterocycles. The first-order valence-corrected chi connectivity index (χ1v) is 8.18. The average molecular weight is 354 g/mol. The van der Waals surface area contributed by atoms with Crippen LogP contribution in [-0.4, -0.2) is 25.4 Å². The van der Waals surface area contributed by atoms with Crippen molar-refractivity contribution >= 4 is 33.3 Å². The molecule has 0 spiro atoms. The zero-order chi connectivity index (χ0) is 17.4. The minimum atomic E-state index is -4.05. The van der Waals surface area contributed by atoms with Crippen LogP contribution in [0.4, 0.5) is 0 Å². The van der Waals surface area contributed by atoms with E-state index >= 15 is 0 Å². The van der Waals surface area contributed by atoms with E-state index in [1.165, 1.54) is 25.1 Å². The molecule has 1 aliphatic heterocycles. The van der Waals surface area contributed by atoms with Gasteiger partial charge in [0.2, 0.25) is 9.84 Å². The van der Waals surface area contributed by atoms with Gasteiger partial charge in [-0.2, -0.15) is 0 Å². The smallest absolute Gasteiger partial charge is 0.336 e. The highest BCUT2D eigenvalue weighted by molar-refractivity contribution is 7.95. The Morgan fingerprint density at radius 1 is 1.35 bits per heavy atom. The number of carboxylic acids is 1.